The van der Waals surface area contributed by atoms with E-state index in [4.69, 9.17) is 4.74 Å². The minimum absolute atomic E-state index is 0.414. The molecule has 0 aliphatic carbocycles. The fourth-order valence-electron chi connectivity index (χ4n) is 1.66. The molecule has 3 nitrogen and oxygen atoms in total. The largest absolute Gasteiger partial charge is 0.497 e. The molecule has 0 amide bonds. The monoisotopic (exact) mass is 205 g/mol. The van der Waals surface area contributed by atoms with Gasteiger partial charge in [-0.05, 0) is 30.7 Å². The zero-order valence-electron chi connectivity index (χ0n) is 8.95. The van der Waals surface area contributed by atoms with Crippen molar-refractivity contribution in [2.24, 2.45) is 0 Å². The van der Waals surface area contributed by atoms with E-state index in [-0.39, 0.29) is 0 Å². The van der Waals surface area contributed by atoms with Crippen molar-refractivity contribution in [3.63, 3.8) is 0 Å². The second-order valence-corrected chi connectivity index (χ2v) is 3.60. The van der Waals surface area contributed by atoms with Crippen LogP contribution in [-0.2, 0) is 0 Å². The molecule has 0 aliphatic heterocycles. The van der Waals surface area contributed by atoms with Crippen molar-refractivity contribution in [3.05, 3.63) is 30.0 Å². The van der Waals surface area contributed by atoms with E-state index in [1.807, 2.05) is 31.2 Å². The Bertz CT molecular complexity index is 462. The van der Waals surface area contributed by atoms with Crippen LogP contribution >= 0.6 is 0 Å². The van der Waals surface area contributed by atoms with Crippen LogP contribution in [0.2, 0.25) is 0 Å². The molecule has 1 unspecified atom stereocenters. The van der Waals surface area contributed by atoms with Gasteiger partial charge in [0, 0.05) is 16.6 Å². The topological polar surface area (TPSA) is 45.2 Å². The van der Waals surface area contributed by atoms with Crippen LogP contribution in [0.1, 0.15) is 25.1 Å². The molecule has 80 valence electrons. The minimum atomic E-state index is -0.414. The normalized spacial score (nSPS) is 13.0. The minimum Gasteiger partial charge on any atom is -0.497 e. The molecule has 0 radical (unpaired) electrons. The Morgan fingerprint density at radius 1 is 1.40 bits per heavy atom. The van der Waals surface area contributed by atoms with E-state index in [0.29, 0.717) is 6.42 Å². The van der Waals surface area contributed by atoms with Crippen LogP contribution in [-0.4, -0.2) is 17.2 Å². The van der Waals surface area contributed by atoms with Crippen LogP contribution in [0, 0.1) is 0 Å². The van der Waals surface area contributed by atoms with Crippen molar-refractivity contribution in [2.75, 3.05) is 7.11 Å². The lowest BCUT2D eigenvalue weighted by atomic mass is 10.2. The van der Waals surface area contributed by atoms with Crippen LogP contribution < -0.4 is 4.74 Å². The van der Waals surface area contributed by atoms with Crippen molar-refractivity contribution >= 4 is 10.9 Å². The number of aliphatic hydroxyl groups excluding tert-OH is 1. The molecule has 1 aromatic heterocycles. The number of aromatic nitrogens is 1. The van der Waals surface area contributed by atoms with Gasteiger partial charge in [-0.3, -0.25) is 0 Å². The fraction of sp³-hybridized carbons (Fsp3) is 0.333. The first kappa shape index (κ1) is 10.1. The van der Waals surface area contributed by atoms with Gasteiger partial charge in [0.05, 0.1) is 13.2 Å². The van der Waals surface area contributed by atoms with Gasteiger partial charge in [0.2, 0.25) is 0 Å². The third kappa shape index (κ3) is 1.83. The number of rotatable bonds is 3. The van der Waals surface area contributed by atoms with Gasteiger partial charge in [0.15, 0.2) is 0 Å². The number of benzene rings is 1. The molecule has 0 aliphatic rings. The number of ether oxygens (including phenoxy) is 1. The second kappa shape index (κ2) is 3.95. The van der Waals surface area contributed by atoms with Crippen LogP contribution in [0.5, 0.6) is 5.75 Å². The van der Waals surface area contributed by atoms with Crippen LogP contribution in [0.25, 0.3) is 10.9 Å². The van der Waals surface area contributed by atoms with E-state index in [9.17, 15) is 5.11 Å². The SMILES string of the molecule is CCC(O)c1cc2cc(OC)ccc2[nH]1. The molecule has 1 heterocycles. The van der Waals surface area contributed by atoms with Crippen molar-refractivity contribution in [3.8, 4) is 5.75 Å². The van der Waals surface area contributed by atoms with E-state index in [1.165, 1.54) is 0 Å². The molecule has 0 saturated heterocycles. The molecule has 0 saturated carbocycles. The predicted molar refractivity (Wildman–Crippen MR) is 60.1 cm³/mol. The number of nitrogens with one attached hydrogen (secondary N) is 1. The second-order valence-electron chi connectivity index (χ2n) is 3.60. The summed E-state index contributed by atoms with van der Waals surface area (Å²) in [5, 5.41) is 10.8. The first-order chi connectivity index (χ1) is 7.24. The summed E-state index contributed by atoms with van der Waals surface area (Å²) >= 11 is 0. The van der Waals surface area contributed by atoms with Gasteiger partial charge in [-0.25, -0.2) is 0 Å². The summed E-state index contributed by atoms with van der Waals surface area (Å²) in [7, 11) is 1.65. The Morgan fingerprint density at radius 3 is 2.87 bits per heavy atom. The first-order valence-electron chi connectivity index (χ1n) is 5.09. The number of fused-ring (bicyclic) bond motifs is 1. The van der Waals surface area contributed by atoms with Gasteiger partial charge in [0.1, 0.15) is 5.75 Å². The fourth-order valence-corrected chi connectivity index (χ4v) is 1.66. The molecule has 0 spiro atoms. The zero-order valence-corrected chi connectivity index (χ0v) is 8.95. The summed E-state index contributed by atoms with van der Waals surface area (Å²) in [5.41, 5.74) is 1.89. The quantitative estimate of drug-likeness (QED) is 0.809. The average Bonchev–Trinajstić information content (AvgIpc) is 2.70. The van der Waals surface area contributed by atoms with Crippen LogP contribution in [0.15, 0.2) is 24.3 Å². The number of aromatic amines is 1. The number of H-pyrrole nitrogens is 1. The Kier molecular flexibility index (Phi) is 2.64. The summed E-state index contributed by atoms with van der Waals surface area (Å²) in [4.78, 5) is 3.19. The van der Waals surface area contributed by atoms with E-state index < -0.39 is 6.10 Å². The van der Waals surface area contributed by atoms with Crippen LogP contribution in [0.3, 0.4) is 0 Å². The molecule has 2 aromatic rings. The Morgan fingerprint density at radius 2 is 2.20 bits per heavy atom. The van der Waals surface area contributed by atoms with Gasteiger partial charge >= 0.3 is 0 Å². The standard InChI is InChI=1S/C12H15NO2/c1-3-12(14)11-7-8-6-9(15-2)4-5-10(8)13-11/h4-7,12-14H,3H2,1-2H3. The molecular formula is C12H15NO2. The summed E-state index contributed by atoms with van der Waals surface area (Å²) in [6.45, 7) is 1.96. The molecule has 2 rings (SSSR count). The van der Waals surface area contributed by atoms with Crippen molar-refractivity contribution in [1.29, 1.82) is 0 Å². The van der Waals surface area contributed by atoms with E-state index in [1.54, 1.807) is 7.11 Å². The van der Waals surface area contributed by atoms with E-state index in [0.717, 1.165) is 22.3 Å². The third-order valence-electron chi connectivity index (χ3n) is 2.59. The summed E-state index contributed by atoms with van der Waals surface area (Å²) in [6.07, 6.45) is 0.299. The van der Waals surface area contributed by atoms with Crippen LogP contribution in [0.4, 0.5) is 0 Å². The van der Waals surface area contributed by atoms with Gasteiger partial charge < -0.3 is 14.8 Å². The zero-order chi connectivity index (χ0) is 10.8. The van der Waals surface area contributed by atoms with E-state index in [2.05, 4.69) is 4.98 Å². The average molecular weight is 205 g/mol. The lowest BCUT2D eigenvalue weighted by Crippen LogP contribution is -1.94. The highest BCUT2D eigenvalue weighted by atomic mass is 16.5. The van der Waals surface area contributed by atoms with Gasteiger partial charge in [-0.1, -0.05) is 6.92 Å². The molecule has 1 atom stereocenters. The maximum atomic E-state index is 9.69. The number of aliphatic hydroxyl groups is 1. The highest BCUT2D eigenvalue weighted by Gasteiger charge is 2.08. The van der Waals surface area contributed by atoms with Crippen molar-refractivity contribution < 1.29 is 9.84 Å². The Hall–Kier alpha value is -1.48. The summed E-state index contributed by atoms with van der Waals surface area (Å²) in [5.74, 6) is 0.832. The molecular weight excluding hydrogens is 190 g/mol. The predicted octanol–water partition coefficient (Wildman–Crippen LogP) is 2.62. The Labute approximate surface area is 88.7 Å². The maximum absolute atomic E-state index is 9.69. The highest BCUT2D eigenvalue weighted by molar-refractivity contribution is 5.82. The number of hydrogen-bond donors (Lipinski definition) is 2. The third-order valence-corrected chi connectivity index (χ3v) is 2.59. The van der Waals surface area contributed by atoms with Gasteiger partial charge in [-0.2, -0.15) is 0 Å². The molecule has 2 N–H and O–H groups in total. The summed E-state index contributed by atoms with van der Waals surface area (Å²) in [6, 6.07) is 7.78. The smallest absolute Gasteiger partial charge is 0.119 e. The maximum Gasteiger partial charge on any atom is 0.119 e. The Balaban J connectivity index is 2.46. The van der Waals surface area contributed by atoms with Crippen molar-refractivity contribution in [2.45, 2.75) is 19.4 Å². The molecule has 3 heteroatoms. The van der Waals surface area contributed by atoms with Gasteiger partial charge in [-0.15, -0.1) is 0 Å². The first-order valence-corrected chi connectivity index (χ1v) is 5.09. The van der Waals surface area contributed by atoms with E-state index >= 15 is 0 Å². The molecule has 1 aromatic carbocycles. The number of hydrogen-bond acceptors (Lipinski definition) is 2. The number of methoxy groups -OCH3 is 1. The molecule has 0 bridgehead atoms. The lowest BCUT2D eigenvalue weighted by molar-refractivity contribution is 0.170. The highest BCUT2D eigenvalue weighted by Crippen LogP contribution is 2.25. The molecule has 15 heavy (non-hydrogen) atoms. The molecule has 0 fully saturated rings. The lowest BCUT2D eigenvalue weighted by Gasteiger charge is -2.02. The van der Waals surface area contributed by atoms with Gasteiger partial charge in [0.25, 0.3) is 0 Å². The summed E-state index contributed by atoms with van der Waals surface area (Å²) < 4.78 is 5.14. The van der Waals surface area contributed by atoms with Crippen molar-refractivity contribution in [1.82, 2.24) is 4.98 Å².